The van der Waals surface area contributed by atoms with Gasteiger partial charge in [-0.1, -0.05) is 144 Å². The molecule has 53 heavy (non-hydrogen) atoms. The highest BCUT2D eigenvalue weighted by Gasteiger charge is 2.21. The van der Waals surface area contributed by atoms with E-state index in [0.29, 0.717) is 11.5 Å². The highest BCUT2D eigenvalue weighted by Crippen LogP contribution is 2.41. The van der Waals surface area contributed by atoms with Crippen LogP contribution in [0.1, 0.15) is 57.2 Å². The summed E-state index contributed by atoms with van der Waals surface area (Å²) >= 11 is 0. The third-order valence-corrected chi connectivity index (χ3v) is 10.2. The lowest BCUT2D eigenvalue weighted by molar-refractivity contribution is 0.473. The summed E-state index contributed by atoms with van der Waals surface area (Å²) in [4.78, 5) is 10.4. The van der Waals surface area contributed by atoms with Crippen LogP contribution in [-0.2, 0) is 5.41 Å². The van der Waals surface area contributed by atoms with Crippen LogP contribution in [0.5, 0.6) is 5.75 Å². The molecular formula is C49H43N3O. The second-order valence-electron chi connectivity index (χ2n) is 15.1. The summed E-state index contributed by atoms with van der Waals surface area (Å²) in [5.41, 5.74) is 12.3. The number of rotatable bonds is 7. The van der Waals surface area contributed by atoms with Crippen molar-refractivity contribution in [2.24, 2.45) is 4.99 Å². The molecule has 260 valence electrons. The van der Waals surface area contributed by atoms with Gasteiger partial charge in [0.2, 0.25) is 0 Å². The van der Waals surface area contributed by atoms with Crippen LogP contribution in [0.2, 0.25) is 0 Å². The lowest BCUT2D eigenvalue weighted by atomic mass is 9.86. The Kier molecular flexibility index (Phi) is 8.75. The van der Waals surface area contributed by atoms with Gasteiger partial charge < -0.3 is 5.11 Å². The molecule has 0 saturated heterocycles. The van der Waals surface area contributed by atoms with Gasteiger partial charge in [-0.25, -0.2) is 4.98 Å². The number of para-hydroxylation sites is 3. The normalized spacial score (nSPS) is 12.0. The number of aromatic nitrogens is 2. The Balaban J connectivity index is 1.31. The average Bonchev–Trinajstić information content (AvgIpc) is 3.57. The summed E-state index contributed by atoms with van der Waals surface area (Å²) < 4.78 is 2.23. The van der Waals surface area contributed by atoms with Crippen LogP contribution in [0.25, 0.3) is 61.1 Å². The van der Waals surface area contributed by atoms with Crippen LogP contribution in [0.15, 0.2) is 157 Å². The van der Waals surface area contributed by atoms with E-state index in [1.54, 1.807) is 12.3 Å². The van der Waals surface area contributed by atoms with E-state index in [-0.39, 0.29) is 11.2 Å². The molecule has 0 fully saturated rings. The van der Waals surface area contributed by atoms with Gasteiger partial charge in [0.05, 0.1) is 16.7 Å². The van der Waals surface area contributed by atoms with Crippen molar-refractivity contribution in [3.8, 4) is 45.1 Å². The Hall–Kier alpha value is -6.26. The van der Waals surface area contributed by atoms with Gasteiger partial charge in [-0.05, 0) is 92.4 Å². The molecule has 0 radical (unpaired) electrons. The Bertz CT molecular complexity index is 2620. The maximum atomic E-state index is 10.8. The number of fused-ring (bicyclic) bond motifs is 2. The Morgan fingerprint density at radius 3 is 2.04 bits per heavy atom. The summed E-state index contributed by atoms with van der Waals surface area (Å²) in [6.07, 6.45) is 1.76. The van der Waals surface area contributed by atoms with E-state index < -0.39 is 0 Å². The molecule has 0 amide bonds. The third kappa shape index (κ3) is 6.42. The average molecular weight is 690 g/mol. The molecule has 0 saturated carbocycles. The van der Waals surface area contributed by atoms with Gasteiger partial charge in [0.25, 0.3) is 0 Å². The Labute approximate surface area is 311 Å². The smallest absolute Gasteiger partial charge is 0.147 e. The molecule has 8 aromatic rings. The number of phenolic OH excluding ortho intramolecular Hbond substituents is 1. The zero-order valence-electron chi connectivity index (χ0n) is 30.9. The van der Waals surface area contributed by atoms with Crippen LogP contribution < -0.4 is 0 Å². The fourth-order valence-corrected chi connectivity index (χ4v) is 7.21. The Morgan fingerprint density at radius 1 is 0.642 bits per heavy atom. The summed E-state index contributed by atoms with van der Waals surface area (Å²) in [5, 5.41) is 13.2. The minimum Gasteiger partial charge on any atom is -0.507 e. The van der Waals surface area contributed by atoms with E-state index in [1.165, 1.54) is 27.5 Å². The lowest BCUT2D eigenvalue weighted by Gasteiger charge is -2.19. The zero-order chi connectivity index (χ0) is 36.7. The molecule has 0 spiro atoms. The van der Waals surface area contributed by atoms with Gasteiger partial charge in [0, 0.05) is 28.6 Å². The van der Waals surface area contributed by atoms with Crippen molar-refractivity contribution in [3.05, 3.63) is 168 Å². The van der Waals surface area contributed by atoms with E-state index in [2.05, 4.69) is 148 Å². The predicted octanol–water partition coefficient (Wildman–Crippen LogP) is 13.1. The van der Waals surface area contributed by atoms with Crippen molar-refractivity contribution < 1.29 is 5.11 Å². The molecule has 1 N–H and O–H groups in total. The number of benzene rings is 7. The number of hydrogen-bond acceptors (Lipinski definition) is 3. The van der Waals surface area contributed by atoms with Crippen molar-refractivity contribution in [1.29, 1.82) is 0 Å². The first-order valence-corrected chi connectivity index (χ1v) is 18.3. The van der Waals surface area contributed by atoms with Crippen molar-refractivity contribution in [2.45, 2.75) is 46.0 Å². The van der Waals surface area contributed by atoms with Crippen LogP contribution in [-0.4, -0.2) is 20.9 Å². The first-order valence-electron chi connectivity index (χ1n) is 18.3. The largest absolute Gasteiger partial charge is 0.507 e. The molecule has 1 heterocycles. The van der Waals surface area contributed by atoms with Crippen molar-refractivity contribution in [3.63, 3.8) is 0 Å². The number of phenols is 1. The van der Waals surface area contributed by atoms with E-state index in [9.17, 15) is 5.11 Å². The fourth-order valence-electron chi connectivity index (χ4n) is 7.21. The molecule has 4 nitrogen and oxygen atoms in total. The molecule has 8 rings (SSSR count). The second-order valence-corrected chi connectivity index (χ2v) is 15.1. The van der Waals surface area contributed by atoms with Crippen molar-refractivity contribution >= 4 is 33.7 Å². The van der Waals surface area contributed by atoms with Crippen LogP contribution >= 0.6 is 0 Å². The quantitative estimate of drug-likeness (QED) is 0.169. The molecule has 0 aliphatic rings. The fraction of sp³-hybridized carbons (Fsp3) is 0.143. The molecule has 0 aliphatic heterocycles. The molecule has 0 aliphatic carbocycles. The van der Waals surface area contributed by atoms with E-state index in [4.69, 9.17) is 9.98 Å². The van der Waals surface area contributed by atoms with Gasteiger partial charge in [0.1, 0.15) is 11.6 Å². The second kappa shape index (κ2) is 13.7. The third-order valence-electron chi connectivity index (χ3n) is 10.2. The van der Waals surface area contributed by atoms with E-state index in [1.807, 2.05) is 36.4 Å². The van der Waals surface area contributed by atoms with E-state index in [0.717, 1.165) is 50.5 Å². The topological polar surface area (TPSA) is 50.4 Å². The summed E-state index contributed by atoms with van der Waals surface area (Å²) in [6.45, 7) is 11.0. The highest BCUT2D eigenvalue weighted by atomic mass is 16.3. The number of nitrogens with zero attached hydrogens (tertiary/aromatic N) is 3. The van der Waals surface area contributed by atoms with E-state index >= 15 is 0 Å². The minimum atomic E-state index is -0.0584. The molecule has 0 atom stereocenters. The zero-order valence-corrected chi connectivity index (χ0v) is 30.9. The first-order chi connectivity index (χ1) is 25.7. The van der Waals surface area contributed by atoms with Crippen LogP contribution in [0.3, 0.4) is 0 Å². The van der Waals surface area contributed by atoms with Gasteiger partial charge >= 0.3 is 0 Å². The monoisotopic (exact) mass is 689 g/mol. The van der Waals surface area contributed by atoms with Gasteiger partial charge in [0.15, 0.2) is 0 Å². The summed E-state index contributed by atoms with van der Waals surface area (Å²) in [7, 11) is 0. The summed E-state index contributed by atoms with van der Waals surface area (Å²) in [5.74, 6) is 1.48. The number of imidazole rings is 1. The molecule has 7 aromatic carbocycles. The lowest BCUT2D eigenvalue weighted by Crippen LogP contribution is -2.11. The molecular weight excluding hydrogens is 647 g/mol. The van der Waals surface area contributed by atoms with Gasteiger partial charge in [-0.2, -0.15) is 0 Å². The van der Waals surface area contributed by atoms with Gasteiger partial charge in [-0.15, -0.1) is 0 Å². The molecule has 1 aromatic heterocycles. The molecule has 0 unspecified atom stereocenters. The SMILES string of the molecule is CC(C)c1ccc(-c2ccc(-c3cccc4c3nc(-c3ccccc3N=Cc3cc(C(C)(C)C)ccc3O)n4-c3ccccc3)c3ccccc23)cc1. The van der Waals surface area contributed by atoms with Crippen molar-refractivity contribution in [2.75, 3.05) is 0 Å². The van der Waals surface area contributed by atoms with Gasteiger partial charge in [-0.3, -0.25) is 9.56 Å². The standard InChI is InChI=1S/C49H43N3O/c1-32(2)33-22-24-34(25-23-33)38-27-28-41(40-17-10-9-16-39(38)40)42-19-13-21-45-47(42)51-48(52(45)37-14-7-6-8-15-37)43-18-11-12-20-44(43)50-31-35-30-36(49(3,4)5)26-29-46(35)53/h6-32,53H,1-5H3. The van der Waals surface area contributed by atoms with Crippen LogP contribution in [0, 0.1) is 0 Å². The minimum absolute atomic E-state index is 0.0584. The van der Waals surface area contributed by atoms with Crippen LogP contribution in [0.4, 0.5) is 5.69 Å². The summed E-state index contributed by atoms with van der Waals surface area (Å²) in [6, 6.07) is 52.9. The molecule has 4 heteroatoms. The van der Waals surface area contributed by atoms with Crippen molar-refractivity contribution in [1.82, 2.24) is 9.55 Å². The number of hydrogen-bond donors (Lipinski definition) is 1. The predicted molar refractivity (Wildman–Crippen MR) is 223 cm³/mol. The maximum absolute atomic E-state index is 10.8. The first kappa shape index (κ1) is 33.9. The molecule has 0 bridgehead atoms. The maximum Gasteiger partial charge on any atom is 0.147 e. The Morgan fingerprint density at radius 2 is 1.30 bits per heavy atom. The number of aliphatic imine (C=N–C) groups is 1. The number of aromatic hydroxyl groups is 1. The highest BCUT2D eigenvalue weighted by molar-refractivity contribution is 6.09.